The maximum atomic E-state index is 5.91. The maximum Gasteiger partial charge on any atom is 0.235 e. The number of hydrogen-bond donors (Lipinski definition) is 1. The number of hydrogen-bond acceptors (Lipinski definition) is 3. The molecule has 0 saturated carbocycles. The highest BCUT2D eigenvalue weighted by molar-refractivity contribution is 6.30. The lowest BCUT2D eigenvalue weighted by Crippen LogP contribution is -1.97. The van der Waals surface area contributed by atoms with Crippen LogP contribution in [0.1, 0.15) is 25.5 Å². The van der Waals surface area contributed by atoms with Gasteiger partial charge < -0.3 is 5.73 Å². The highest BCUT2D eigenvalue weighted by Gasteiger charge is 2.12. The Morgan fingerprint density at radius 1 is 1.50 bits per heavy atom. The van der Waals surface area contributed by atoms with Gasteiger partial charge in [0.05, 0.1) is 16.9 Å². The van der Waals surface area contributed by atoms with Crippen molar-refractivity contribution in [3.05, 3.63) is 23.1 Å². The minimum Gasteiger partial charge on any atom is -0.383 e. The minimum absolute atomic E-state index is 0.287. The molecule has 2 aromatic rings. The molecule has 0 fully saturated rings. The van der Waals surface area contributed by atoms with E-state index in [4.69, 9.17) is 17.3 Å². The Bertz CT molecular complexity index is 475. The van der Waals surface area contributed by atoms with Gasteiger partial charge in [-0.05, 0) is 5.92 Å². The van der Waals surface area contributed by atoms with E-state index in [9.17, 15) is 0 Å². The highest BCUT2D eigenvalue weighted by atomic mass is 35.5. The molecule has 0 aliphatic rings. The van der Waals surface area contributed by atoms with Gasteiger partial charge in [-0.15, -0.1) is 0 Å². The van der Waals surface area contributed by atoms with Crippen LogP contribution in [0.4, 0.5) is 5.82 Å². The quantitative estimate of drug-likeness (QED) is 0.784. The summed E-state index contributed by atoms with van der Waals surface area (Å²) in [5.74, 6) is 1.50. The van der Waals surface area contributed by atoms with Crippen molar-refractivity contribution in [2.24, 2.45) is 0 Å². The van der Waals surface area contributed by atoms with Gasteiger partial charge in [0.2, 0.25) is 5.78 Å². The third-order valence-electron chi connectivity index (χ3n) is 2.06. The summed E-state index contributed by atoms with van der Waals surface area (Å²) in [6.45, 7) is 4.08. The van der Waals surface area contributed by atoms with Crippen LogP contribution in [0.25, 0.3) is 5.78 Å². The number of halogens is 1. The maximum absolute atomic E-state index is 5.91. The molecule has 4 nitrogen and oxygen atoms in total. The van der Waals surface area contributed by atoms with E-state index >= 15 is 0 Å². The average molecular weight is 211 g/mol. The summed E-state index contributed by atoms with van der Waals surface area (Å²) in [4.78, 5) is 8.41. The molecule has 2 heterocycles. The Hall–Kier alpha value is -1.29. The Morgan fingerprint density at radius 2 is 2.21 bits per heavy atom. The first-order valence-electron chi connectivity index (χ1n) is 4.38. The van der Waals surface area contributed by atoms with Crippen LogP contribution in [0.3, 0.4) is 0 Å². The number of fused-ring (bicyclic) bond motifs is 1. The molecule has 0 bridgehead atoms. The minimum atomic E-state index is 0.287. The normalized spacial score (nSPS) is 11.4. The van der Waals surface area contributed by atoms with Gasteiger partial charge >= 0.3 is 0 Å². The lowest BCUT2D eigenvalue weighted by molar-refractivity contribution is 0.837. The van der Waals surface area contributed by atoms with Gasteiger partial charge in [0.15, 0.2) is 0 Å². The Morgan fingerprint density at radius 3 is 2.86 bits per heavy atom. The fourth-order valence-corrected chi connectivity index (χ4v) is 1.52. The van der Waals surface area contributed by atoms with Crippen molar-refractivity contribution in [3.8, 4) is 0 Å². The summed E-state index contributed by atoms with van der Waals surface area (Å²) in [7, 11) is 0. The number of aromatic nitrogens is 3. The Labute approximate surface area is 86.7 Å². The monoisotopic (exact) mass is 210 g/mol. The van der Waals surface area contributed by atoms with E-state index in [-0.39, 0.29) is 5.92 Å². The third kappa shape index (κ3) is 1.32. The van der Waals surface area contributed by atoms with Crippen LogP contribution in [0, 0.1) is 0 Å². The predicted octanol–water partition coefficient (Wildman–Crippen LogP) is 2.09. The molecule has 0 saturated heterocycles. The van der Waals surface area contributed by atoms with Crippen molar-refractivity contribution in [2.45, 2.75) is 19.8 Å². The van der Waals surface area contributed by atoms with Crippen molar-refractivity contribution in [2.75, 3.05) is 5.73 Å². The zero-order chi connectivity index (χ0) is 10.3. The molecule has 0 spiro atoms. The Balaban J connectivity index is 2.74. The van der Waals surface area contributed by atoms with E-state index in [0.717, 1.165) is 5.69 Å². The van der Waals surface area contributed by atoms with E-state index in [1.807, 2.05) is 13.8 Å². The molecule has 0 aliphatic carbocycles. The molecule has 0 aromatic carbocycles. The molecule has 0 aliphatic heterocycles. The Kier molecular flexibility index (Phi) is 2.07. The number of nitrogens with two attached hydrogens (primary N) is 1. The van der Waals surface area contributed by atoms with Gasteiger partial charge in [-0.2, -0.15) is 0 Å². The van der Waals surface area contributed by atoms with Crippen LogP contribution in [-0.2, 0) is 0 Å². The van der Waals surface area contributed by atoms with Gasteiger partial charge in [0.25, 0.3) is 0 Å². The first-order chi connectivity index (χ1) is 6.59. The topological polar surface area (TPSA) is 56.2 Å². The molecule has 5 heteroatoms. The summed E-state index contributed by atoms with van der Waals surface area (Å²) in [6.07, 6.45) is 3.28. The standard InChI is InChI=1S/C9H11ClN4/c1-5(2)7-8(11)14-4-6(10)3-12-9(14)13-7/h3-5H,11H2,1-2H3. The van der Waals surface area contributed by atoms with Crippen molar-refractivity contribution in [1.29, 1.82) is 0 Å². The second kappa shape index (κ2) is 3.13. The molecule has 14 heavy (non-hydrogen) atoms. The van der Waals surface area contributed by atoms with Gasteiger partial charge in [-0.25, -0.2) is 9.97 Å². The highest BCUT2D eigenvalue weighted by Crippen LogP contribution is 2.22. The molecule has 2 rings (SSSR count). The lowest BCUT2D eigenvalue weighted by Gasteiger charge is -2.00. The predicted molar refractivity (Wildman–Crippen MR) is 56.5 cm³/mol. The van der Waals surface area contributed by atoms with Gasteiger partial charge in [0.1, 0.15) is 5.82 Å². The summed E-state index contributed by atoms with van der Waals surface area (Å²) in [5.41, 5.74) is 6.77. The first-order valence-corrected chi connectivity index (χ1v) is 4.76. The molecular formula is C9H11ClN4. The van der Waals surface area contributed by atoms with E-state index in [1.54, 1.807) is 16.8 Å². The van der Waals surface area contributed by atoms with Crippen LogP contribution >= 0.6 is 11.6 Å². The second-order valence-electron chi connectivity index (χ2n) is 3.48. The molecule has 0 radical (unpaired) electrons. The summed E-state index contributed by atoms with van der Waals surface area (Å²) < 4.78 is 1.71. The van der Waals surface area contributed by atoms with Crippen LogP contribution < -0.4 is 5.73 Å². The molecule has 2 N–H and O–H groups in total. The van der Waals surface area contributed by atoms with Crippen molar-refractivity contribution in [1.82, 2.24) is 14.4 Å². The molecule has 0 atom stereocenters. The number of anilines is 1. The van der Waals surface area contributed by atoms with Crippen LogP contribution in [0.5, 0.6) is 0 Å². The first kappa shape index (κ1) is 9.27. The molecule has 0 amide bonds. The summed E-state index contributed by atoms with van der Waals surface area (Å²) in [6, 6.07) is 0. The van der Waals surface area contributed by atoms with Crippen LogP contribution in [0.15, 0.2) is 12.4 Å². The summed E-state index contributed by atoms with van der Waals surface area (Å²) >= 11 is 5.81. The average Bonchev–Trinajstić information content (AvgIpc) is 2.44. The number of nitrogens with zero attached hydrogens (tertiary/aromatic N) is 3. The van der Waals surface area contributed by atoms with Crippen molar-refractivity contribution < 1.29 is 0 Å². The number of rotatable bonds is 1. The fraction of sp³-hybridized carbons (Fsp3) is 0.333. The third-order valence-corrected chi connectivity index (χ3v) is 2.26. The van der Waals surface area contributed by atoms with Gasteiger partial charge in [-0.1, -0.05) is 25.4 Å². The van der Waals surface area contributed by atoms with Crippen LogP contribution in [-0.4, -0.2) is 14.4 Å². The molecule has 0 unspecified atom stereocenters. The second-order valence-corrected chi connectivity index (χ2v) is 3.92. The summed E-state index contributed by atoms with van der Waals surface area (Å²) in [5, 5.41) is 0.553. The van der Waals surface area contributed by atoms with Gasteiger partial charge in [0, 0.05) is 6.20 Å². The molecule has 74 valence electrons. The van der Waals surface area contributed by atoms with E-state index in [0.29, 0.717) is 16.6 Å². The fourth-order valence-electron chi connectivity index (χ4n) is 1.37. The largest absolute Gasteiger partial charge is 0.383 e. The van der Waals surface area contributed by atoms with E-state index in [1.165, 1.54) is 0 Å². The SMILES string of the molecule is CC(C)c1nc2ncc(Cl)cn2c1N. The number of nitrogen functional groups attached to an aromatic ring is 1. The van der Waals surface area contributed by atoms with E-state index in [2.05, 4.69) is 9.97 Å². The zero-order valence-corrected chi connectivity index (χ0v) is 8.78. The van der Waals surface area contributed by atoms with Crippen molar-refractivity contribution in [3.63, 3.8) is 0 Å². The van der Waals surface area contributed by atoms with Crippen molar-refractivity contribution >= 4 is 23.2 Å². The van der Waals surface area contributed by atoms with Crippen LogP contribution in [0.2, 0.25) is 5.02 Å². The van der Waals surface area contributed by atoms with Gasteiger partial charge in [-0.3, -0.25) is 4.40 Å². The smallest absolute Gasteiger partial charge is 0.235 e. The zero-order valence-electron chi connectivity index (χ0n) is 8.03. The molecular weight excluding hydrogens is 200 g/mol. The van der Waals surface area contributed by atoms with E-state index < -0.39 is 0 Å². The number of imidazole rings is 1. The lowest BCUT2D eigenvalue weighted by atomic mass is 10.1. The molecule has 2 aromatic heterocycles.